The zero-order chi connectivity index (χ0) is 14.7. The van der Waals surface area contributed by atoms with E-state index in [0.29, 0.717) is 23.6 Å². The fraction of sp³-hybridized carbons (Fsp3) is 0.294. The summed E-state index contributed by atoms with van der Waals surface area (Å²) in [4.78, 5) is 0. The Morgan fingerprint density at radius 1 is 1.15 bits per heavy atom. The Kier molecular flexibility index (Phi) is 4.79. The second-order valence-electron chi connectivity index (χ2n) is 5.26. The van der Waals surface area contributed by atoms with Crippen LogP contribution in [0.15, 0.2) is 36.4 Å². The largest absolute Gasteiger partial charge is 0.330 e. The topological polar surface area (TPSA) is 26.0 Å². The summed E-state index contributed by atoms with van der Waals surface area (Å²) < 4.78 is 13.9. The van der Waals surface area contributed by atoms with Gasteiger partial charge in [-0.1, -0.05) is 47.0 Å². The molecular formula is C17H19ClFN. The van der Waals surface area contributed by atoms with Gasteiger partial charge in [0.2, 0.25) is 0 Å². The molecule has 0 radical (unpaired) electrons. The monoisotopic (exact) mass is 291 g/mol. The summed E-state index contributed by atoms with van der Waals surface area (Å²) in [5.41, 5.74) is 9.96. The molecule has 1 nitrogen and oxygen atoms in total. The predicted octanol–water partition coefficient (Wildman–Crippen LogP) is 4.38. The van der Waals surface area contributed by atoms with Crippen LogP contribution >= 0.6 is 11.6 Å². The highest BCUT2D eigenvalue weighted by molar-refractivity contribution is 6.31. The van der Waals surface area contributed by atoms with Crippen LogP contribution in [-0.2, 0) is 6.42 Å². The Labute approximate surface area is 124 Å². The maximum atomic E-state index is 13.9. The van der Waals surface area contributed by atoms with E-state index < -0.39 is 0 Å². The second-order valence-corrected chi connectivity index (χ2v) is 5.67. The number of benzene rings is 2. The molecule has 0 saturated heterocycles. The summed E-state index contributed by atoms with van der Waals surface area (Å²) in [6.07, 6.45) is 0.519. The van der Waals surface area contributed by atoms with Gasteiger partial charge in [-0.15, -0.1) is 0 Å². The first-order chi connectivity index (χ1) is 9.51. The third-order valence-electron chi connectivity index (χ3n) is 3.51. The Bertz CT molecular complexity index is 569. The molecule has 20 heavy (non-hydrogen) atoms. The number of rotatable bonds is 4. The molecule has 2 N–H and O–H groups in total. The summed E-state index contributed by atoms with van der Waals surface area (Å²) in [6, 6.07) is 11.1. The van der Waals surface area contributed by atoms with Crippen molar-refractivity contribution in [3.8, 4) is 0 Å². The third-order valence-corrected chi connectivity index (χ3v) is 3.87. The van der Waals surface area contributed by atoms with Crippen molar-refractivity contribution in [3.63, 3.8) is 0 Å². The first-order valence-corrected chi connectivity index (χ1v) is 7.10. The van der Waals surface area contributed by atoms with E-state index in [9.17, 15) is 4.39 Å². The molecule has 0 bridgehead atoms. The van der Waals surface area contributed by atoms with E-state index in [1.54, 1.807) is 12.1 Å². The van der Waals surface area contributed by atoms with Gasteiger partial charge in [0.1, 0.15) is 5.82 Å². The van der Waals surface area contributed by atoms with Crippen molar-refractivity contribution in [2.75, 3.05) is 6.54 Å². The highest BCUT2D eigenvalue weighted by Crippen LogP contribution is 2.27. The Morgan fingerprint density at radius 2 is 1.80 bits per heavy atom. The Balaban J connectivity index is 2.33. The second kappa shape index (κ2) is 6.38. The molecule has 2 rings (SSSR count). The summed E-state index contributed by atoms with van der Waals surface area (Å²) in [5, 5.41) is 0.466. The van der Waals surface area contributed by atoms with Crippen LogP contribution in [0, 0.1) is 19.7 Å². The molecule has 0 spiro atoms. The third kappa shape index (κ3) is 3.38. The standard InChI is InChI=1S/C17H19ClFN/c1-11-6-12(2)8-13(7-11)14(10-20)9-15-16(18)4-3-5-17(15)19/h3-8,14H,9-10,20H2,1-2H3. The number of nitrogens with two attached hydrogens (primary N) is 1. The minimum Gasteiger partial charge on any atom is -0.330 e. The van der Waals surface area contributed by atoms with E-state index in [-0.39, 0.29) is 11.7 Å². The smallest absolute Gasteiger partial charge is 0.127 e. The van der Waals surface area contributed by atoms with E-state index in [4.69, 9.17) is 17.3 Å². The van der Waals surface area contributed by atoms with E-state index in [1.165, 1.54) is 17.2 Å². The quantitative estimate of drug-likeness (QED) is 0.889. The molecule has 0 amide bonds. The minimum atomic E-state index is -0.264. The van der Waals surface area contributed by atoms with Crippen molar-refractivity contribution in [1.82, 2.24) is 0 Å². The van der Waals surface area contributed by atoms with Gasteiger partial charge in [0.05, 0.1) is 0 Å². The number of hydrogen-bond donors (Lipinski definition) is 1. The van der Waals surface area contributed by atoms with E-state index in [0.717, 1.165) is 5.56 Å². The highest BCUT2D eigenvalue weighted by Gasteiger charge is 2.16. The van der Waals surface area contributed by atoms with Gasteiger partial charge >= 0.3 is 0 Å². The van der Waals surface area contributed by atoms with Crippen molar-refractivity contribution in [1.29, 1.82) is 0 Å². The van der Waals surface area contributed by atoms with Gasteiger partial charge in [0.25, 0.3) is 0 Å². The number of halogens is 2. The molecule has 2 aromatic rings. The molecule has 1 unspecified atom stereocenters. The zero-order valence-electron chi connectivity index (χ0n) is 11.8. The SMILES string of the molecule is Cc1cc(C)cc(C(CN)Cc2c(F)cccc2Cl)c1. The lowest BCUT2D eigenvalue weighted by Gasteiger charge is -2.18. The van der Waals surface area contributed by atoms with E-state index in [1.807, 2.05) is 0 Å². The highest BCUT2D eigenvalue weighted by atomic mass is 35.5. The lowest BCUT2D eigenvalue weighted by atomic mass is 9.90. The van der Waals surface area contributed by atoms with E-state index in [2.05, 4.69) is 32.0 Å². The van der Waals surface area contributed by atoms with Gasteiger partial charge in [-0.3, -0.25) is 0 Å². The fourth-order valence-electron chi connectivity index (χ4n) is 2.56. The summed E-state index contributed by atoms with van der Waals surface area (Å²) in [6.45, 7) is 4.58. The predicted molar refractivity (Wildman–Crippen MR) is 82.8 cm³/mol. The molecule has 106 valence electrons. The van der Waals surface area contributed by atoms with Crippen molar-refractivity contribution in [2.24, 2.45) is 5.73 Å². The molecule has 0 heterocycles. The molecule has 1 atom stereocenters. The molecule has 0 fully saturated rings. The molecular weight excluding hydrogens is 273 g/mol. The summed E-state index contributed by atoms with van der Waals surface area (Å²) >= 11 is 6.10. The maximum Gasteiger partial charge on any atom is 0.127 e. The van der Waals surface area contributed by atoms with Gasteiger partial charge in [-0.25, -0.2) is 4.39 Å². The Morgan fingerprint density at radius 3 is 2.35 bits per heavy atom. The Hall–Kier alpha value is -1.38. The fourth-order valence-corrected chi connectivity index (χ4v) is 2.80. The average Bonchev–Trinajstić information content (AvgIpc) is 2.37. The van der Waals surface area contributed by atoms with Crippen molar-refractivity contribution in [3.05, 3.63) is 69.5 Å². The molecule has 3 heteroatoms. The average molecular weight is 292 g/mol. The first-order valence-electron chi connectivity index (χ1n) is 6.72. The van der Waals surface area contributed by atoms with Gasteiger partial charge in [-0.2, -0.15) is 0 Å². The van der Waals surface area contributed by atoms with Gasteiger partial charge in [-0.05, 0) is 44.5 Å². The molecule has 2 aromatic carbocycles. The van der Waals surface area contributed by atoms with Crippen LogP contribution in [0.1, 0.15) is 28.2 Å². The van der Waals surface area contributed by atoms with E-state index >= 15 is 0 Å². The zero-order valence-corrected chi connectivity index (χ0v) is 12.5. The van der Waals surface area contributed by atoms with Crippen LogP contribution in [0.3, 0.4) is 0 Å². The van der Waals surface area contributed by atoms with Crippen LogP contribution in [-0.4, -0.2) is 6.54 Å². The molecule has 0 saturated carbocycles. The van der Waals surface area contributed by atoms with Gasteiger partial charge in [0.15, 0.2) is 0 Å². The summed E-state index contributed by atoms with van der Waals surface area (Å²) in [7, 11) is 0. The number of hydrogen-bond acceptors (Lipinski definition) is 1. The van der Waals surface area contributed by atoms with Crippen LogP contribution < -0.4 is 5.73 Å². The lowest BCUT2D eigenvalue weighted by Crippen LogP contribution is -2.16. The molecule has 0 aromatic heterocycles. The van der Waals surface area contributed by atoms with Crippen LogP contribution in [0.25, 0.3) is 0 Å². The molecule has 0 aliphatic carbocycles. The molecule has 0 aliphatic heterocycles. The number of aryl methyl sites for hydroxylation is 2. The van der Waals surface area contributed by atoms with Crippen LogP contribution in [0.2, 0.25) is 5.02 Å². The van der Waals surface area contributed by atoms with Gasteiger partial charge in [0, 0.05) is 16.5 Å². The minimum absolute atomic E-state index is 0.0722. The molecule has 0 aliphatic rings. The van der Waals surface area contributed by atoms with Crippen molar-refractivity contribution < 1.29 is 4.39 Å². The maximum absolute atomic E-state index is 13.9. The van der Waals surface area contributed by atoms with Gasteiger partial charge < -0.3 is 5.73 Å². The normalized spacial score (nSPS) is 12.4. The summed E-state index contributed by atoms with van der Waals surface area (Å²) in [5.74, 6) is -0.191. The van der Waals surface area contributed by atoms with Crippen molar-refractivity contribution in [2.45, 2.75) is 26.2 Å². The lowest BCUT2D eigenvalue weighted by molar-refractivity contribution is 0.590. The van der Waals surface area contributed by atoms with Crippen molar-refractivity contribution >= 4 is 11.6 Å². The van der Waals surface area contributed by atoms with Crippen LogP contribution in [0.5, 0.6) is 0 Å². The van der Waals surface area contributed by atoms with Crippen LogP contribution in [0.4, 0.5) is 4.39 Å². The first kappa shape index (κ1) is 15.0.